The van der Waals surface area contributed by atoms with Gasteiger partial charge < -0.3 is 20.1 Å². The second kappa shape index (κ2) is 6.00. The Labute approximate surface area is 97.3 Å². The highest BCUT2D eigenvalue weighted by Gasteiger charge is 2.47. The molecule has 0 aliphatic carbocycles. The van der Waals surface area contributed by atoms with Gasteiger partial charge in [0, 0.05) is 12.0 Å². The van der Waals surface area contributed by atoms with Crippen LogP contribution in [-0.4, -0.2) is 45.4 Å². The van der Waals surface area contributed by atoms with Crippen LogP contribution in [0.15, 0.2) is 12.2 Å². The highest BCUT2D eigenvalue weighted by Crippen LogP contribution is 2.30. The maximum atomic E-state index is 10.5. The molecule has 1 aliphatic heterocycles. The fraction of sp³-hybridized carbons (Fsp3) is 0.500. The van der Waals surface area contributed by atoms with Crippen molar-refractivity contribution in [2.24, 2.45) is 0 Å². The van der Waals surface area contributed by atoms with Crippen LogP contribution in [0.4, 0.5) is 0 Å². The van der Waals surface area contributed by atoms with Gasteiger partial charge in [0.25, 0.3) is 0 Å². The summed E-state index contributed by atoms with van der Waals surface area (Å²) < 4.78 is 4.71. The number of ether oxygens (including phenoxy) is 1. The van der Waals surface area contributed by atoms with Gasteiger partial charge in [-0.3, -0.25) is 4.79 Å². The van der Waals surface area contributed by atoms with Crippen molar-refractivity contribution in [3.05, 3.63) is 12.2 Å². The summed E-state index contributed by atoms with van der Waals surface area (Å²) in [5, 5.41) is 24.8. The molecular weight excluding hydrogens is 232 g/mol. The number of carboxylic acids is 3. The quantitative estimate of drug-likeness (QED) is 0.612. The van der Waals surface area contributed by atoms with Crippen molar-refractivity contribution in [1.29, 1.82) is 0 Å². The van der Waals surface area contributed by atoms with Crippen molar-refractivity contribution in [2.75, 3.05) is 6.61 Å². The molecule has 1 heterocycles. The topological polar surface area (TPSA) is 121 Å². The molecule has 0 aromatic heterocycles. The van der Waals surface area contributed by atoms with Crippen molar-refractivity contribution in [1.82, 2.24) is 0 Å². The molecule has 1 rings (SSSR count). The standard InChI is InChI=1S/C6H8O5.C4H6O2/c7-4(8)3-6(5(9)10)1-2-11-6;1-3(2)4(5)6/h1-3H2,(H,7,8)(H,9,10);1H2,2H3,(H,5,6). The number of carbonyl (C=O) groups is 3. The molecule has 0 spiro atoms. The van der Waals surface area contributed by atoms with E-state index >= 15 is 0 Å². The third-order valence-corrected chi connectivity index (χ3v) is 2.08. The van der Waals surface area contributed by atoms with Crippen molar-refractivity contribution in [3.63, 3.8) is 0 Å². The second-order valence-corrected chi connectivity index (χ2v) is 3.55. The van der Waals surface area contributed by atoms with Crippen LogP contribution in [-0.2, 0) is 19.1 Å². The monoisotopic (exact) mass is 246 g/mol. The number of carboxylic acid groups (broad SMARTS) is 3. The fourth-order valence-electron chi connectivity index (χ4n) is 0.976. The molecule has 7 heteroatoms. The molecule has 1 unspecified atom stereocenters. The number of hydrogen-bond acceptors (Lipinski definition) is 4. The van der Waals surface area contributed by atoms with Crippen LogP contribution in [0.3, 0.4) is 0 Å². The average Bonchev–Trinajstić information content (AvgIpc) is 2.11. The van der Waals surface area contributed by atoms with Gasteiger partial charge in [-0.05, 0) is 6.92 Å². The molecule has 0 saturated carbocycles. The van der Waals surface area contributed by atoms with Gasteiger partial charge in [0.1, 0.15) is 0 Å². The van der Waals surface area contributed by atoms with E-state index in [1.165, 1.54) is 6.92 Å². The van der Waals surface area contributed by atoms with Gasteiger partial charge in [-0.25, -0.2) is 9.59 Å². The van der Waals surface area contributed by atoms with Gasteiger partial charge in [0.15, 0.2) is 5.60 Å². The first-order valence-corrected chi connectivity index (χ1v) is 4.69. The van der Waals surface area contributed by atoms with E-state index in [-0.39, 0.29) is 12.0 Å². The zero-order valence-electron chi connectivity index (χ0n) is 9.30. The molecule has 1 aliphatic rings. The number of rotatable bonds is 4. The van der Waals surface area contributed by atoms with Crippen molar-refractivity contribution < 1.29 is 34.4 Å². The second-order valence-electron chi connectivity index (χ2n) is 3.55. The summed E-state index contributed by atoms with van der Waals surface area (Å²) in [5.41, 5.74) is -1.26. The largest absolute Gasteiger partial charge is 0.481 e. The lowest BCUT2D eigenvalue weighted by atomic mass is 9.91. The average molecular weight is 246 g/mol. The third kappa shape index (κ3) is 4.64. The first-order chi connectivity index (χ1) is 7.71. The van der Waals surface area contributed by atoms with Crippen LogP contribution in [0, 0.1) is 0 Å². The number of aliphatic carboxylic acids is 3. The highest BCUT2D eigenvalue weighted by molar-refractivity contribution is 5.85. The normalized spacial score (nSPS) is 21.5. The van der Waals surface area contributed by atoms with E-state index in [1.807, 2.05) is 0 Å². The summed E-state index contributed by atoms with van der Waals surface area (Å²) in [6.45, 7) is 4.93. The van der Waals surface area contributed by atoms with Gasteiger partial charge in [-0.1, -0.05) is 6.58 Å². The molecule has 3 N–H and O–H groups in total. The predicted molar refractivity (Wildman–Crippen MR) is 55.6 cm³/mol. The van der Waals surface area contributed by atoms with Crippen molar-refractivity contribution in [2.45, 2.75) is 25.4 Å². The highest BCUT2D eigenvalue weighted by atomic mass is 16.5. The molecule has 96 valence electrons. The third-order valence-electron chi connectivity index (χ3n) is 2.08. The Hall–Kier alpha value is -1.89. The summed E-state index contributed by atoms with van der Waals surface area (Å²) in [6, 6.07) is 0. The molecule has 1 atom stereocenters. The number of hydrogen-bond donors (Lipinski definition) is 3. The summed E-state index contributed by atoms with van der Waals surface area (Å²) in [5.74, 6) is -3.27. The van der Waals surface area contributed by atoms with E-state index in [2.05, 4.69) is 6.58 Å². The molecule has 7 nitrogen and oxygen atoms in total. The minimum Gasteiger partial charge on any atom is -0.481 e. The van der Waals surface area contributed by atoms with Crippen LogP contribution in [0.25, 0.3) is 0 Å². The van der Waals surface area contributed by atoms with Crippen LogP contribution >= 0.6 is 0 Å². The Morgan fingerprint density at radius 1 is 1.29 bits per heavy atom. The van der Waals surface area contributed by atoms with E-state index < -0.39 is 29.9 Å². The van der Waals surface area contributed by atoms with Gasteiger partial charge >= 0.3 is 17.9 Å². The van der Waals surface area contributed by atoms with Crippen molar-refractivity contribution >= 4 is 17.9 Å². The van der Waals surface area contributed by atoms with Gasteiger partial charge in [-0.15, -0.1) is 0 Å². The minimum atomic E-state index is -1.44. The fourth-order valence-corrected chi connectivity index (χ4v) is 0.976. The maximum Gasteiger partial charge on any atom is 0.336 e. The molecule has 0 radical (unpaired) electrons. The minimum absolute atomic E-state index is 0.176. The Balaban J connectivity index is 0.000000366. The lowest BCUT2D eigenvalue weighted by molar-refractivity contribution is -0.199. The molecular formula is C10H14O7. The Bertz CT molecular complexity index is 329. The van der Waals surface area contributed by atoms with E-state index in [4.69, 9.17) is 20.1 Å². The van der Waals surface area contributed by atoms with Crippen LogP contribution in [0.1, 0.15) is 19.8 Å². The van der Waals surface area contributed by atoms with Crippen molar-refractivity contribution in [3.8, 4) is 0 Å². The molecule has 0 amide bonds. The summed E-state index contributed by atoms with van der Waals surface area (Å²) >= 11 is 0. The first kappa shape index (κ1) is 15.1. The molecule has 1 saturated heterocycles. The van der Waals surface area contributed by atoms with Gasteiger partial charge in [-0.2, -0.15) is 0 Å². The van der Waals surface area contributed by atoms with E-state index in [1.54, 1.807) is 0 Å². The predicted octanol–water partition coefficient (Wildman–Crippen LogP) is 0.352. The zero-order chi connectivity index (χ0) is 13.6. The Morgan fingerprint density at radius 2 is 1.71 bits per heavy atom. The van der Waals surface area contributed by atoms with Crippen LogP contribution < -0.4 is 0 Å². The summed E-state index contributed by atoms with van der Waals surface area (Å²) in [6.07, 6.45) is -0.170. The zero-order valence-corrected chi connectivity index (χ0v) is 9.30. The summed E-state index contributed by atoms with van der Waals surface area (Å²) in [7, 11) is 0. The van der Waals surface area contributed by atoms with Crippen LogP contribution in [0.5, 0.6) is 0 Å². The molecule has 17 heavy (non-hydrogen) atoms. The maximum absolute atomic E-state index is 10.5. The Kier molecular flexibility index (Phi) is 5.33. The summed E-state index contributed by atoms with van der Waals surface area (Å²) in [4.78, 5) is 30.2. The Morgan fingerprint density at radius 3 is 1.76 bits per heavy atom. The van der Waals surface area contributed by atoms with Crippen LogP contribution in [0.2, 0.25) is 0 Å². The van der Waals surface area contributed by atoms with Gasteiger partial charge in [0.2, 0.25) is 0 Å². The molecule has 0 bridgehead atoms. The van der Waals surface area contributed by atoms with Gasteiger partial charge in [0.05, 0.1) is 13.0 Å². The lowest BCUT2D eigenvalue weighted by Crippen LogP contribution is -2.52. The molecule has 0 aromatic carbocycles. The molecule has 0 aromatic rings. The smallest absolute Gasteiger partial charge is 0.336 e. The molecule has 1 fully saturated rings. The first-order valence-electron chi connectivity index (χ1n) is 4.69. The van der Waals surface area contributed by atoms with E-state index in [0.717, 1.165) is 0 Å². The SMILES string of the molecule is C=C(C)C(=O)O.O=C(O)CC1(C(=O)O)CCO1. The van der Waals surface area contributed by atoms with E-state index in [0.29, 0.717) is 6.61 Å². The van der Waals surface area contributed by atoms with E-state index in [9.17, 15) is 14.4 Å². The lowest BCUT2D eigenvalue weighted by Gasteiger charge is -2.36.